The summed E-state index contributed by atoms with van der Waals surface area (Å²) in [6.45, 7) is 8.75. The van der Waals surface area contributed by atoms with E-state index in [0.29, 0.717) is 17.4 Å². The van der Waals surface area contributed by atoms with Crippen LogP contribution in [0.2, 0.25) is 5.02 Å². The van der Waals surface area contributed by atoms with E-state index in [0.717, 1.165) is 30.3 Å². The van der Waals surface area contributed by atoms with Gasteiger partial charge < -0.3 is 10.1 Å². The molecular formula is C18H26ClNO. The van der Waals surface area contributed by atoms with Crippen molar-refractivity contribution in [1.29, 1.82) is 0 Å². The normalized spacial score (nSPS) is 24.7. The molecule has 1 N–H and O–H groups in total. The van der Waals surface area contributed by atoms with Crippen molar-refractivity contribution in [3.05, 3.63) is 28.3 Å². The fraction of sp³-hybridized carbons (Fsp3) is 0.667. The van der Waals surface area contributed by atoms with Gasteiger partial charge in [0, 0.05) is 23.0 Å². The molecule has 3 heteroatoms. The molecule has 0 aromatic heterocycles. The molecule has 0 bridgehead atoms. The van der Waals surface area contributed by atoms with Crippen molar-refractivity contribution in [2.45, 2.75) is 52.5 Å². The van der Waals surface area contributed by atoms with Crippen LogP contribution in [-0.4, -0.2) is 13.2 Å². The maximum atomic E-state index is 6.37. The van der Waals surface area contributed by atoms with Crippen LogP contribution in [0.1, 0.15) is 57.2 Å². The Kier molecular flexibility index (Phi) is 4.20. The third kappa shape index (κ3) is 2.80. The molecule has 2 aliphatic rings. The molecule has 0 saturated heterocycles. The first kappa shape index (κ1) is 15.2. The summed E-state index contributed by atoms with van der Waals surface area (Å²) >= 11 is 6.37. The van der Waals surface area contributed by atoms with E-state index in [4.69, 9.17) is 16.3 Å². The van der Waals surface area contributed by atoms with Crippen molar-refractivity contribution in [2.75, 3.05) is 13.2 Å². The Labute approximate surface area is 133 Å². The second-order valence-corrected chi connectivity index (χ2v) is 7.54. The van der Waals surface area contributed by atoms with Crippen LogP contribution in [-0.2, 0) is 6.42 Å². The number of ether oxygens (including phenoxy) is 1. The van der Waals surface area contributed by atoms with E-state index >= 15 is 0 Å². The van der Waals surface area contributed by atoms with Gasteiger partial charge in [-0.15, -0.1) is 0 Å². The second kappa shape index (κ2) is 5.81. The summed E-state index contributed by atoms with van der Waals surface area (Å²) in [5.41, 5.74) is 2.92. The molecule has 2 unspecified atom stereocenters. The lowest BCUT2D eigenvalue weighted by Crippen LogP contribution is -2.34. The molecule has 116 valence electrons. The largest absolute Gasteiger partial charge is 0.493 e. The van der Waals surface area contributed by atoms with Gasteiger partial charge in [-0.2, -0.15) is 0 Å². The van der Waals surface area contributed by atoms with E-state index in [-0.39, 0.29) is 0 Å². The minimum Gasteiger partial charge on any atom is -0.493 e. The number of halogens is 1. The van der Waals surface area contributed by atoms with Crippen molar-refractivity contribution in [1.82, 2.24) is 5.32 Å². The van der Waals surface area contributed by atoms with E-state index in [2.05, 4.69) is 38.2 Å². The second-order valence-electron chi connectivity index (χ2n) is 7.10. The van der Waals surface area contributed by atoms with Crippen molar-refractivity contribution >= 4 is 11.6 Å². The molecule has 3 rings (SSSR count). The van der Waals surface area contributed by atoms with Gasteiger partial charge in [-0.25, -0.2) is 0 Å². The highest BCUT2D eigenvalue weighted by Gasteiger charge is 2.41. The van der Waals surface area contributed by atoms with Crippen LogP contribution < -0.4 is 10.1 Å². The van der Waals surface area contributed by atoms with E-state index in [1.165, 1.54) is 30.4 Å². The van der Waals surface area contributed by atoms with Gasteiger partial charge in [0.1, 0.15) is 5.75 Å². The van der Waals surface area contributed by atoms with Crippen LogP contribution in [0.15, 0.2) is 12.1 Å². The summed E-state index contributed by atoms with van der Waals surface area (Å²) in [6.07, 6.45) is 4.90. The lowest BCUT2D eigenvalue weighted by atomic mass is 9.75. The Morgan fingerprint density at radius 2 is 2.24 bits per heavy atom. The molecule has 0 radical (unpaired) electrons. The van der Waals surface area contributed by atoms with Crippen LogP contribution in [0.5, 0.6) is 5.75 Å². The summed E-state index contributed by atoms with van der Waals surface area (Å²) in [7, 11) is 0. The van der Waals surface area contributed by atoms with Gasteiger partial charge in [0.2, 0.25) is 0 Å². The number of nitrogens with one attached hydrogen (secondary N) is 1. The third-order valence-corrected chi connectivity index (χ3v) is 5.50. The number of hydrogen-bond acceptors (Lipinski definition) is 2. The van der Waals surface area contributed by atoms with Crippen LogP contribution >= 0.6 is 11.6 Å². The average Bonchev–Trinajstić information content (AvgIpc) is 3.01. The highest BCUT2D eigenvalue weighted by atomic mass is 35.5. The van der Waals surface area contributed by atoms with Crippen LogP contribution in [0.25, 0.3) is 0 Å². The molecular weight excluding hydrogens is 282 g/mol. The molecule has 2 nitrogen and oxygen atoms in total. The number of rotatable bonds is 4. The fourth-order valence-electron chi connectivity index (χ4n) is 4.19. The van der Waals surface area contributed by atoms with Gasteiger partial charge in [-0.1, -0.05) is 38.8 Å². The number of hydrogen-bond donors (Lipinski definition) is 1. The quantitative estimate of drug-likeness (QED) is 0.866. The predicted octanol–water partition coefficient (Wildman–Crippen LogP) is 4.75. The monoisotopic (exact) mass is 307 g/mol. The minimum absolute atomic E-state index is 0.345. The van der Waals surface area contributed by atoms with E-state index < -0.39 is 0 Å². The van der Waals surface area contributed by atoms with Gasteiger partial charge in [0.05, 0.1) is 6.61 Å². The van der Waals surface area contributed by atoms with Crippen molar-refractivity contribution in [2.24, 2.45) is 11.3 Å². The van der Waals surface area contributed by atoms with Crippen LogP contribution in [0.3, 0.4) is 0 Å². The fourth-order valence-corrected chi connectivity index (χ4v) is 4.44. The zero-order chi connectivity index (χ0) is 15.0. The maximum absolute atomic E-state index is 6.37. The standard InChI is InChI=1S/C18H26ClNO/c1-4-20-16(15-6-5-8-18(15,2)3)14-11-13(19)10-12-7-9-21-17(12)14/h10-11,15-16,20H,4-9H2,1-3H3. The van der Waals surface area contributed by atoms with Gasteiger partial charge in [0.25, 0.3) is 0 Å². The molecule has 0 spiro atoms. The molecule has 1 aromatic carbocycles. The smallest absolute Gasteiger partial charge is 0.127 e. The highest BCUT2D eigenvalue weighted by Crippen LogP contribution is 2.51. The van der Waals surface area contributed by atoms with Crippen molar-refractivity contribution in [3.63, 3.8) is 0 Å². The molecule has 1 heterocycles. The van der Waals surface area contributed by atoms with Crippen LogP contribution in [0, 0.1) is 11.3 Å². The van der Waals surface area contributed by atoms with E-state index in [1.54, 1.807) is 0 Å². The molecule has 1 saturated carbocycles. The Hall–Kier alpha value is -0.730. The zero-order valence-electron chi connectivity index (χ0n) is 13.3. The minimum atomic E-state index is 0.345. The predicted molar refractivity (Wildman–Crippen MR) is 88.2 cm³/mol. The summed E-state index contributed by atoms with van der Waals surface area (Å²) < 4.78 is 5.94. The molecule has 1 aliphatic carbocycles. The van der Waals surface area contributed by atoms with Gasteiger partial charge >= 0.3 is 0 Å². The maximum Gasteiger partial charge on any atom is 0.127 e. The summed E-state index contributed by atoms with van der Waals surface area (Å²) in [6, 6.07) is 4.53. The summed E-state index contributed by atoms with van der Waals surface area (Å²) in [5.74, 6) is 1.73. The molecule has 1 fully saturated rings. The van der Waals surface area contributed by atoms with Crippen molar-refractivity contribution in [3.8, 4) is 5.75 Å². The molecule has 1 aromatic rings. The average molecular weight is 308 g/mol. The lowest BCUT2D eigenvalue weighted by molar-refractivity contribution is 0.196. The Balaban J connectivity index is 2.02. The zero-order valence-corrected chi connectivity index (χ0v) is 14.1. The molecule has 2 atom stereocenters. The number of benzene rings is 1. The molecule has 21 heavy (non-hydrogen) atoms. The SMILES string of the molecule is CCNC(c1cc(Cl)cc2c1OCC2)C1CCCC1(C)C. The lowest BCUT2D eigenvalue weighted by Gasteiger charge is -2.35. The van der Waals surface area contributed by atoms with E-state index in [1.807, 2.05) is 0 Å². The highest BCUT2D eigenvalue weighted by molar-refractivity contribution is 6.30. The van der Waals surface area contributed by atoms with Gasteiger partial charge in [0.15, 0.2) is 0 Å². The first-order valence-corrected chi connectivity index (χ1v) is 8.59. The molecule has 1 aliphatic heterocycles. The Morgan fingerprint density at radius 3 is 2.90 bits per heavy atom. The Morgan fingerprint density at radius 1 is 1.43 bits per heavy atom. The van der Waals surface area contributed by atoms with Crippen molar-refractivity contribution < 1.29 is 4.74 Å². The topological polar surface area (TPSA) is 21.3 Å². The van der Waals surface area contributed by atoms with E-state index in [9.17, 15) is 0 Å². The molecule has 0 amide bonds. The third-order valence-electron chi connectivity index (χ3n) is 5.28. The number of fused-ring (bicyclic) bond motifs is 1. The van der Waals surface area contributed by atoms with Gasteiger partial charge in [-0.3, -0.25) is 0 Å². The summed E-state index contributed by atoms with van der Waals surface area (Å²) in [5, 5.41) is 4.56. The first-order chi connectivity index (χ1) is 10.0. The van der Waals surface area contributed by atoms with Crippen LogP contribution in [0.4, 0.5) is 0 Å². The first-order valence-electron chi connectivity index (χ1n) is 8.21. The summed E-state index contributed by atoms with van der Waals surface area (Å²) in [4.78, 5) is 0. The Bertz CT molecular complexity index is 526. The van der Waals surface area contributed by atoms with Gasteiger partial charge in [-0.05, 0) is 48.4 Å².